The Kier molecular flexibility index (Phi) is 4.84. The minimum absolute atomic E-state index is 0.00774. The predicted octanol–water partition coefficient (Wildman–Crippen LogP) is 0.930. The Morgan fingerprint density at radius 1 is 1.50 bits per heavy atom. The molecule has 0 unspecified atom stereocenters. The van der Waals surface area contributed by atoms with E-state index in [2.05, 4.69) is 10.1 Å². The van der Waals surface area contributed by atoms with Gasteiger partial charge in [-0.2, -0.15) is 4.98 Å². The summed E-state index contributed by atoms with van der Waals surface area (Å²) in [6.07, 6.45) is 1.67. The third kappa shape index (κ3) is 5.27. The summed E-state index contributed by atoms with van der Waals surface area (Å²) in [6.45, 7) is 5.44. The lowest BCUT2D eigenvalue weighted by molar-refractivity contribution is -0.132. The lowest BCUT2D eigenvalue weighted by atomic mass is 10.1. The maximum Gasteiger partial charge on any atom is 0.226 e. The summed E-state index contributed by atoms with van der Waals surface area (Å²) >= 11 is 0. The van der Waals surface area contributed by atoms with Crippen molar-refractivity contribution in [2.45, 2.75) is 45.6 Å². The Labute approximate surface area is 107 Å². The second-order valence-corrected chi connectivity index (χ2v) is 5.15. The van der Waals surface area contributed by atoms with Crippen LogP contribution in [-0.4, -0.2) is 45.2 Å². The molecule has 0 saturated carbocycles. The molecule has 0 spiro atoms. The number of likely N-dealkylation sites (N-methyl/N-ethyl adjacent to an activating group) is 1. The number of aryl methyl sites for hydroxylation is 2. The lowest BCUT2D eigenvalue weighted by Crippen LogP contribution is -2.39. The fourth-order valence-electron chi connectivity index (χ4n) is 1.69. The first-order chi connectivity index (χ1) is 8.28. The fourth-order valence-corrected chi connectivity index (χ4v) is 1.69. The van der Waals surface area contributed by atoms with E-state index in [1.54, 1.807) is 32.7 Å². The van der Waals surface area contributed by atoms with E-state index in [1.165, 1.54) is 0 Å². The number of hydrogen-bond donors (Lipinski definition) is 1. The van der Waals surface area contributed by atoms with Crippen LogP contribution in [-0.2, 0) is 11.2 Å². The molecule has 0 aliphatic carbocycles. The zero-order valence-corrected chi connectivity index (χ0v) is 11.4. The first kappa shape index (κ1) is 14.6. The minimum atomic E-state index is -0.867. The molecule has 1 N–H and O–H groups in total. The van der Waals surface area contributed by atoms with Crippen molar-refractivity contribution < 1.29 is 14.4 Å². The summed E-state index contributed by atoms with van der Waals surface area (Å²) in [7, 11) is 1.69. The molecule has 0 aromatic carbocycles. The van der Waals surface area contributed by atoms with E-state index in [1.807, 2.05) is 0 Å². The van der Waals surface area contributed by atoms with Gasteiger partial charge >= 0.3 is 0 Å². The highest BCUT2D eigenvalue weighted by molar-refractivity contribution is 5.75. The Morgan fingerprint density at radius 3 is 2.67 bits per heavy atom. The number of nitrogens with zero attached hydrogens (tertiary/aromatic N) is 3. The zero-order valence-electron chi connectivity index (χ0n) is 11.4. The molecule has 0 fully saturated rings. The van der Waals surface area contributed by atoms with Crippen LogP contribution < -0.4 is 0 Å². The van der Waals surface area contributed by atoms with E-state index >= 15 is 0 Å². The van der Waals surface area contributed by atoms with Crippen molar-refractivity contribution in [1.82, 2.24) is 15.0 Å². The highest BCUT2D eigenvalue weighted by Crippen LogP contribution is 2.07. The van der Waals surface area contributed by atoms with Crippen LogP contribution in [0.25, 0.3) is 0 Å². The van der Waals surface area contributed by atoms with Crippen LogP contribution in [0.4, 0.5) is 0 Å². The number of aromatic nitrogens is 2. The predicted molar refractivity (Wildman–Crippen MR) is 65.9 cm³/mol. The Balaban J connectivity index is 2.28. The van der Waals surface area contributed by atoms with Crippen LogP contribution >= 0.6 is 0 Å². The molecule has 18 heavy (non-hydrogen) atoms. The fraction of sp³-hybridized carbons (Fsp3) is 0.750. The first-order valence-corrected chi connectivity index (χ1v) is 6.03. The van der Waals surface area contributed by atoms with Gasteiger partial charge in [0.25, 0.3) is 0 Å². The number of aliphatic hydroxyl groups is 1. The maximum atomic E-state index is 11.8. The van der Waals surface area contributed by atoms with E-state index in [0.717, 1.165) is 0 Å². The van der Waals surface area contributed by atoms with Gasteiger partial charge in [0.2, 0.25) is 11.8 Å². The van der Waals surface area contributed by atoms with Crippen molar-refractivity contribution in [2.24, 2.45) is 0 Å². The smallest absolute Gasteiger partial charge is 0.226 e. The number of hydrogen-bond acceptors (Lipinski definition) is 5. The summed E-state index contributed by atoms with van der Waals surface area (Å²) < 4.78 is 4.96. The molecule has 1 heterocycles. The van der Waals surface area contributed by atoms with Crippen molar-refractivity contribution in [2.75, 3.05) is 13.6 Å². The van der Waals surface area contributed by atoms with Gasteiger partial charge in [-0.3, -0.25) is 4.79 Å². The van der Waals surface area contributed by atoms with Crippen LogP contribution in [0.5, 0.6) is 0 Å². The molecule has 1 aromatic heterocycles. The standard InChI is InChI=1S/C12H21N3O3/c1-9-13-10(18-14-9)6-5-7-11(16)15(4)8-12(2,3)17/h17H,5-8H2,1-4H3. The Hall–Kier alpha value is -1.43. The number of rotatable bonds is 6. The van der Waals surface area contributed by atoms with Gasteiger partial charge in [-0.15, -0.1) is 0 Å². The molecule has 102 valence electrons. The van der Waals surface area contributed by atoms with Crippen LogP contribution in [0.15, 0.2) is 4.52 Å². The molecular weight excluding hydrogens is 234 g/mol. The molecule has 0 saturated heterocycles. The molecule has 0 bridgehead atoms. The Bertz CT molecular complexity index is 396. The van der Waals surface area contributed by atoms with Gasteiger partial charge in [0.15, 0.2) is 5.82 Å². The lowest BCUT2D eigenvalue weighted by Gasteiger charge is -2.25. The average molecular weight is 255 g/mol. The van der Waals surface area contributed by atoms with Crippen LogP contribution in [0.3, 0.4) is 0 Å². The SMILES string of the molecule is Cc1noc(CCCC(=O)N(C)CC(C)(C)O)n1. The average Bonchev–Trinajstić information content (AvgIpc) is 2.61. The van der Waals surface area contributed by atoms with Gasteiger partial charge in [-0.05, 0) is 27.2 Å². The van der Waals surface area contributed by atoms with Gasteiger partial charge < -0.3 is 14.5 Å². The molecule has 0 aliphatic rings. The largest absolute Gasteiger partial charge is 0.389 e. The normalized spacial score (nSPS) is 11.6. The molecular formula is C12H21N3O3. The summed E-state index contributed by atoms with van der Waals surface area (Å²) in [5.74, 6) is 1.18. The quantitative estimate of drug-likeness (QED) is 0.818. The number of carbonyl (C=O) groups excluding carboxylic acids is 1. The molecule has 6 heteroatoms. The number of carbonyl (C=O) groups is 1. The van der Waals surface area contributed by atoms with Gasteiger partial charge in [-0.25, -0.2) is 0 Å². The van der Waals surface area contributed by atoms with Crippen LogP contribution in [0.1, 0.15) is 38.4 Å². The van der Waals surface area contributed by atoms with Crippen LogP contribution in [0, 0.1) is 6.92 Å². The van der Waals surface area contributed by atoms with Crippen molar-refractivity contribution in [1.29, 1.82) is 0 Å². The first-order valence-electron chi connectivity index (χ1n) is 6.03. The maximum absolute atomic E-state index is 11.8. The topological polar surface area (TPSA) is 79.5 Å². The molecule has 0 radical (unpaired) electrons. The van der Waals surface area contributed by atoms with E-state index in [9.17, 15) is 9.90 Å². The summed E-state index contributed by atoms with van der Waals surface area (Å²) in [6, 6.07) is 0. The molecule has 1 rings (SSSR count). The van der Waals surface area contributed by atoms with E-state index in [0.29, 0.717) is 37.5 Å². The van der Waals surface area contributed by atoms with Gasteiger partial charge in [0.1, 0.15) is 0 Å². The molecule has 1 aromatic rings. The molecule has 6 nitrogen and oxygen atoms in total. The van der Waals surface area contributed by atoms with Gasteiger partial charge in [0, 0.05) is 26.4 Å². The summed E-state index contributed by atoms with van der Waals surface area (Å²) in [5, 5.41) is 13.3. The third-order valence-electron chi connectivity index (χ3n) is 2.40. The highest BCUT2D eigenvalue weighted by Gasteiger charge is 2.19. The van der Waals surface area contributed by atoms with Crippen molar-refractivity contribution in [3.05, 3.63) is 11.7 Å². The van der Waals surface area contributed by atoms with E-state index < -0.39 is 5.60 Å². The zero-order chi connectivity index (χ0) is 13.8. The second-order valence-electron chi connectivity index (χ2n) is 5.15. The van der Waals surface area contributed by atoms with Crippen LogP contribution in [0.2, 0.25) is 0 Å². The summed E-state index contributed by atoms with van der Waals surface area (Å²) in [5.41, 5.74) is -0.867. The van der Waals surface area contributed by atoms with E-state index in [-0.39, 0.29) is 5.91 Å². The second kappa shape index (κ2) is 5.95. The summed E-state index contributed by atoms with van der Waals surface area (Å²) in [4.78, 5) is 17.4. The van der Waals surface area contributed by atoms with E-state index in [4.69, 9.17) is 4.52 Å². The third-order valence-corrected chi connectivity index (χ3v) is 2.40. The number of amides is 1. The molecule has 0 atom stereocenters. The van der Waals surface area contributed by atoms with Crippen molar-refractivity contribution >= 4 is 5.91 Å². The molecule has 0 aliphatic heterocycles. The monoisotopic (exact) mass is 255 g/mol. The minimum Gasteiger partial charge on any atom is -0.389 e. The Morgan fingerprint density at radius 2 is 2.17 bits per heavy atom. The highest BCUT2D eigenvalue weighted by atomic mass is 16.5. The van der Waals surface area contributed by atoms with Gasteiger partial charge in [-0.1, -0.05) is 5.16 Å². The van der Waals surface area contributed by atoms with Gasteiger partial charge in [0.05, 0.1) is 5.60 Å². The molecule has 1 amide bonds. The van der Waals surface area contributed by atoms with Crippen molar-refractivity contribution in [3.63, 3.8) is 0 Å². The van der Waals surface area contributed by atoms with Crippen molar-refractivity contribution in [3.8, 4) is 0 Å².